The second-order valence-corrected chi connectivity index (χ2v) is 3.45. The number of rotatable bonds is 1. The molecular weight excluding hydrogens is 275 g/mol. The van der Waals surface area contributed by atoms with E-state index >= 15 is 0 Å². The topological polar surface area (TPSA) is 26.0 Å². The Labute approximate surface area is 91.2 Å². The van der Waals surface area contributed by atoms with E-state index < -0.39 is 11.7 Å². The van der Waals surface area contributed by atoms with E-state index in [-0.39, 0.29) is 17.0 Å². The molecule has 0 fully saturated rings. The number of hydrogen-bond acceptors (Lipinski definition) is 2. The molecule has 0 aliphatic heterocycles. The summed E-state index contributed by atoms with van der Waals surface area (Å²) in [6.45, 7) is 0. The standard InChI is InChI=1S/C9H5BrF3NO/c10-4-7-14-6-3-1-2-5(8(6)15-7)9(11,12)13/h1-3H,4H2. The molecule has 0 bridgehead atoms. The molecule has 2 rings (SSSR count). The summed E-state index contributed by atoms with van der Waals surface area (Å²) in [5.41, 5.74) is -0.779. The van der Waals surface area contributed by atoms with Crippen LogP contribution in [0.5, 0.6) is 0 Å². The highest BCUT2D eigenvalue weighted by Gasteiger charge is 2.34. The molecule has 2 aromatic rings. The molecule has 0 amide bonds. The SMILES string of the molecule is FC(F)(F)c1cccc2nc(CBr)oc12. The molecule has 1 heterocycles. The van der Waals surface area contributed by atoms with Crippen molar-refractivity contribution in [1.29, 1.82) is 0 Å². The van der Waals surface area contributed by atoms with Gasteiger partial charge in [0.25, 0.3) is 0 Å². The van der Waals surface area contributed by atoms with Gasteiger partial charge in [-0.25, -0.2) is 4.98 Å². The zero-order chi connectivity index (χ0) is 11.1. The van der Waals surface area contributed by atoms with Crippen LogP contribution in [-0.2, 0) is 11.5 Å². The van der Waals surface area contributed by atoms with Gasteiger partial charge in [-0.2, -0.15) is 13.2 Å². The fourth-order valence-electron chi connectivity index (χ4n) is 1.28. The fraction of sp³-hybridized carbons (Fsp3) is 0.222. The number of benzene rings is 1. The van der Waals surface area contributed by atoms with E-state index in [1.54, 1.807) is 0 Å². The van der Waals surface area contributed by atoms with Crippen LogP contribution < -0.4 is 0 Å². The first-order valence-electron chi connectivity index (χ1n) is 4.04. The Hall–Kier alpha value is -1.04. The van der Waals surface area contributed by atoms with Crippen molar-refractivity contribution in [2.45, 2.75) is 11.5 Å². The fourth-order valence-corrected chi connectivity index (χ4v) is 1.52. The van der Waals surface area contributed by atoms with Gasteiger partial charge < -0.3 is 4.42 Å². The zero-order valence-electron chi connectivity index (χ0n) is 7.31. The third-order valence-corrected chi connectivity index (χ3v) is 2.36. The number of para-hydroxylation sites is 1. The lowest BCUT2D eigenvalue weighted by atomic mass is 10.2. The van der Waals surface area contributed by atoms with Crippen LogP contribution in [0.2, 0.25) is 0 Å². The lowest BCUT2D eigenvalue weighted by molar-refractivity contribution is -0.136. The van der Waals surface area contributed by atoms with Crippen molar-refractivity contribution >= 4 is 27.0 Å². The summed E-state index contributed by atoms with van der Waals surface area (Å²) in [7, 11) is 0. The molecule has 0 atom stereocenters. The van der Waals surface area contributed by atoms with Crippen LogP contribution >= 0.6 is 15.9 Å². The van der Waals surface area contributed by atoms with E-state index in [0.717, 1.165) is 6.07 Å². The van der Waals surface area contributed by atoms with Crippen molar-refractivity contribution in [1.82, 2.24) is 4.98 Å². The number of fused-ring (bicyclic) bond motifs is 1. The van der Waals surface area contributed by atoms with Crippen molar-refractivity contribution in [3.63, 3.8) is 0 Å². The summed E-state index contributed by atoms with van der Waals surface area (Å²) in [4.78, 5) is 3.89. The van der Waals surface area contributed by atoms with Crippen LogP contribution in [0.25, 0.3) is 11.1 Å². The molecular formula is C9H5BrF3NO. The lowest BCUT2D eigenvalue weighted by Crippen LogP contribution is -2.04. The van der Waals surface area contributed by atoms with Crippen LogP contribution in [0.15, 0.2) is 22.6 Å². The average Bonchev–Trinajstić information content (AvgIpc) is 2.57. The first-order valence-corrected chi connectivity index (χ1v) is 5.16. The minimum atomic E-state index is -4.41. The molecule has 15 heavy (non-hydrogen) atoms. The molecule has 6 heteroatoms. The van der Waals surface area contributed by atoms with Crippen LogP contribution in [0.4, 0.5) is 13.2 Å². The average molecular weight is 280 g/mol. The number of alkyl halides is 4. The maximum atomic E-state index is 12.5. The van der Waals surface area contributed by atoms with Crippen molar-refractivity contribution in [2.75, 3.05) is 0 Å². The summed E-state index contributed by atoms with van der Waals surface area (Å²) in [5.74, 6) is 0.238. The third-order valence-electron chi connectivity index (χ3n) is 1.88. The second-order valence-electron chi connectivity index (χ2n) is 2.89. The summed E-state index contributed by atoms with van der Waals surface area (Å²) in [5, 5.41) is 0.291. The van der Waals surface area contributed by atoms with Crippen LogP contribution in [0.3, 0.4) is 0 Å². The van der Waals surface area contributed by atoms with Gasteiger partial charge in [0.1, 0.15) is 11.1 Å². The predicted octanol–water partition coefficient (Wildman–Crippen LogP) is 3.74. The Kier molecular flexibility index (Phi) is 2.46. The molecule has 2 nitrogen and oxygen atoms in total. The maximum Gasteiger partial charge on any atom is 0.420 e. The van der Waals surface area contributed by atoms with Crippen molar-refractivity contribution < 1.29 is 17.6 Å². The van der Waals surface area contributed by atoms with Gasteiger partial charge in [0.15, 0.2) is 5.58 Å². The Bertz CT molecular complexity index is 492. The number of oxazole rings is 1. The quantitative estimate of drug-likeness (QED) is 0.744. The molecule has 0 saturated heterocycles. The minimum absolute atomic E-state index is 0.209. The van der Waals surface area contributed by atoms with Gasteiger partial charge in [-0.1, -0.05) is 22.0 Å². The molecule has 0 aliphatic carbocycles. The first-order chi connectivity index (χ1) is 7.02. The van der Waals surface area contributed by atoms with E-state index in [1.807, 2.05) is 0 Å². The molecule has 0 N–H and O–H groups in total. The molecule has 0 saturated carbocycles. The lowest BCUT2D eigenvalue weighted by Gasteiger charge is -2.05. The van der Waals surface area contributed by atoms with E-state index in [4.69, 9.17) is 4.42 Å². The number of aromatic nitrogens is 1. The second kappa shape index (κ2) is 3.52. The van der Waals surface area contributed by atoms with Crippen molar-refractivity contribution in [2.24, 2.45) is 0 Å². The van der Waals surface area contributed by atoms with Crippen LogP contribution in [0.1, 0.15) is 11.5 Å². The Balaban J connectivity index is 2.70. The monoisotopic (exact) mass is 279 g/mol. The van der Waals surface area contributed by atoms with Gasteiger partial charge in [-0.15, -0.1) is 0 Å². The van der Waals surface area contributed by atoms with Crippen LogP contribution in [0, 0.1) is 0 Å². The van der Waals surface area contributed by atoms with E-state index in [9.17, 15) is 13.2 Å². The molecule has 0 unspecified atom stereocenters. The van der Waals surface area contributed by atoms with E-state index in [2.05, 4.69) is 20.9 Å². The predicted molar refractivity (Wildman–Crippen MR) is 51.6 cm³/mol. The normalized spacial score (nSPS) is 12.3. The maximum absolute atomic E-state index is 12.5. The van der Waals surface area contributed by atoms with Gasteiger partial charge in [-0.3, -0.25) is 0 Å². The summed E-state index contributed by atoms with van der Waals surface area (Å²) < 4.78 is 42.6. The van der Waals surface area contributed by atoms with Crippen molar-refractivity contribution in [3.05, 3.63) is 29.7 Å². The van der Waals surface area contributed by atoms with Gasteiger partial charge in [0, 0.05) is 0 Å². The molecule has 0 radical (unpaired) electrons. The highest BCUT2D eigenvalue weighted by molar-refractivity contribution is 9.08. The highest BCUT2D eigenvalue weighted by Crippen LogP contribution is 2.35. The van der Waals surface area contributed by atoms with Crippen molar-refractivity contribution in [3.8, 4) is 0 Å². The van der Waals surface area contributed by atoms with Gasteiger partial charge >= 0.3 is 6.18 Å². The molecule has 80 valence electrons. The Morgan fingerprint density at radius 2 is 2.07 bits per heavy atom. The minimum Gasteiger partial charge on any atom is -0.439 e. The summed E-state index contributed by atoms with van der Waals surface area (Å²) >= 11 is 3.07. The van der Waals surface area contributed by atoms with E-state index in [0.29, 0.717) is 5.33 Å². The zero-order valence-corrected chi connectivity index (χ0v) is 8.89. The van der Waals surface area contributed by atoms with Gasteiger partial charge in [0.2, 0.25) is 5.89 Å². The van der Waals surface area contributed by atoms with E-state index in [1.165, 1.54) is 12.1 Å². The smallest absolute Gasteiger partial charge is 0.420 e. The van der Waals surface area contributed by atoms with Gasteiger partial charge in [0.05, 0.1) is 5.33 Å². The molecule has 1 aromatic heterocycles. The molecule has 1 aromatic carbocycles. The third kappa shape index (κ3) is 1.86. The Morgan fingerprint density at radius 1 is 1.33 bits per heavy atom. The van der Waals surface area contributed by atoms with Gasteiger partial charge in [-0.05, 0) is 12.1 Å². The largest absolute Gasteiger partial charge is 0.439 e. The number of halogens is 4. The van der Waals surface area contributed by atoms with Crippen LogP contribution in [-0.4, -0.2) is 4.98 Å². The number of hydrogen-bond donors (Lipinski definition) is 0. The first kappa shape index (κ1) is 10.5. The summed E-state index contributed by atoms with van der Waals surface area (Å²) in [6, 6.07) is 3.78. The summed E-state index contributed by atoms with van der Waals surface area (Å²) in [6.07, 6.45) is -4.41. The molecule has 0 aliphatic rings. The number of nitrogens with zero attached hydrogens (tertiary/aromatic N) is 1. The highest BCUT2D eigenvalue weighted by atomic mass is 79.9. The Morgan fingerprint density at radius 3 is 2.67 bits per heavy atom. The molecule has 0 spiro atoms.